The molecule has 26 heavy (non-hydrogen) atoms. The van der Waals surface area contributed by atoms with Gasteiger partial charge in [-0.2, -0.15) is 0 Å². The number of amides is 1. The van der Waals surface area contributed by atoms with Gasteiger partial charge in [0, 0.05) is 25.7 Å². The number of benzene rings is 2. The third-order valence-electron chi connectivity index (χ3n) is 4.50. The van der Waals surface area contributed by atoms with Crippen molar-refractivity contribution in [2.75, 3.05) is 13.1 Å². The number of nitrogens with one attached hydrogen (secondary N) is 1. The summed E-state index contributed by atoms with van der Waals surface area (Å²) in [6, 6.07) is 20.1. The molecule has 1 heterocycles. The smallest absolute Gasteiger partial charge is 0.237 e. The maximum absolute atomic E-state index is 12.3. The van der Waals surface area contributed by atoms with Gasteiger partial charge in [-0.3, -0.25) is 9.69 Å². The number of carbonyl (C=O) groups excluding carboxylic acids is 1. The molecule has 1 amide bonds. The molecule has 6 heteroatoms. The molecule has 1 unspecified atom stereocenters. The highest BCUT2D eigenvalue weighted by Gasteiger charge is 2.25. The number of likely N-dealkylation sites (tertiary alicyclic amines) is 1. The Balaban J connectivity index is 0.00000169. The van der Waals surface area contributed by atoms with Crippen molar-refractivity contribution in [2.24, 2.45) is 5.73 Å². The van der Waals surface area contributed by atoms with Crippen molar-refractivity contribution in [3.05, 3.63) is 71.8 Å². The Hall–Kier alpha value is -1.59. The van der Waals surface area contributed by atoms with Crippen LogP contribution < -0.4 is 11.1 Å². The molecule has 3 N–H and O–H groups in total. The SMILES string of the molecule is Cl.Cl.N[C@@H](Cc1ccccc1)C(=O)NC1CCN(Cc2ccccc2)C1. The summed E-state index contributed by atoms with van der Waals surface area (Å²) in [4.78, 5) is 14.7. The molecule has 0 aromatic heterocycles. The van der Waals surface area contributed by atoms with Crippen molar-refractivity contribution < 1.29 is 4.79 Å². The highest BCUT2D eigenvalue weighted by molar-refractivity contribution is 5.85. The van der Waals surface area contributed by atoms with Gasteiger partial charge in [-0.15, -0.1) is 24.8 Å². The van der Waals surface area contributed by atoms with Crippen LogP contribution in [-0.2, 0) is 17.8 Å². The van der Waals surface area contributed by atoms with Crippen LogP contribution in [0.4, 0.5) is 0 Å². The Labute approximate surface area is 168 Å². The van der Waals surface area contributed by atoms with Crippen LogP contribution in [0.2, 0.25) is 0 Å². The maximum atomic E-state index is 12.3. The summed E-state index contributed by atoms with van der Waals surface area (Å²) in [6.07, 6.45) is 1.56. The largest absolute Gasteiger partial charge is 0.351 e. The second kappa shape index (κ2) is 11.2. The number of halogens is 2. The first-order valence-electron chi connectivity index (χ1n) is 8.57. The van der Waals surface area contributed by atoms with Crippen molar-refractivity contribution in [3.8, 4) is 0 Å². The van der Waals surface area contributed by atoms with Crippen LogP contribution in [0.15, 0.2) is 60.7 Å². The molecule has 4 nitrogen and oxygen atoms in total. The van der Waals surface area contributed by atoms with Gasteiger partial charge in [-0.1, -0.05) is 60.7 Å². The summed E-state index contributed by atoms with van der Waals surface area (Å²) in [5, 5.41) is 3.11. The fourth-order valence-electron chi connectivity index (χ4n) is 3.20. The van der Waals surface area contributed by atoms with E-state index >= 15 is 0 Å². The molecule has 0 saturated carbocycles. The van der Waals surface area contributed by atoms with Gasteiger partial charge in [-0.05, 0) is 24.0 Å². The molecule has 2 aromatic carbocycles. The summed E-state index contributed by atoms with van der Waals surface area (Å²) in [5.41, 5.74) is 8.47. The monoisotopic (exact) mass is 395 g/mol. The number of nitrogens with zero attached hydrogens (tertiary/aromatic N) is 1. The van der Waals surface area contributed by atoms with E-state index in [0.29, 0.717) is 6.42 Å². The zero-order valence-corrected chi connectivity index (χ0v) is 16.3. The van der Waals surface area contributed by atoms with E-state index in [4.69, 9.17) is 5.73 Å². The molecular weight excluding hydrogens is 369 g/mol. The Morgan fingerprint density at radius 1 is 1.04 bits per heavy atom. The van der Waals surface area contributed by atoms with E-state index in [1.165, 1.54) is 5.56 Å². The fraction of sp³-hybridized carbons (Fsp3) is 0.350. The van der Waals surface area contributed by atoms with Gasteiger partial charge in [0.25, 0.3) is 0 Å². The van der Waals surface area contributed by atoms with Crippen molar-refractivity contribution >= 4 is 30.7 Å². The van der Waals surface area contributed by atoms with Crippen LogP contribution in [0.3, 0.4) is 0 Å². The van der Waals surface area contributed by atoms with Gasteiger partial charge in [0.15, 0.2) is 0 Å². The average Bonchev–Trinajstić information content (AvgIpc) is 3.03. The molecule has 1 aliphatic rings. The molecule has 0 radical (unpaired) electrons. The summed E-state index contributed by atoms with van der Waals surface area (Å²) in [7, 11) is 0. The first kappa shape index (κ1) is 22.5. The fourth-order valence-corrected chi connectivity index (χ4v) is 3.20. The molecule has 0 bridgehead atoms. The van der Waals surface area contributed by atoms with Gasteiger partial charge in [0.05, 0.1) is 6.04 Å². The zero-order chi connectivity index (χ0) is 16.8. The highest BCUT2D eigenvalue weighted by atomic mass is 35.5. The van der Waals surface area contributed by atoms with Crippen molar-refractivity contribution in [1.29, 1.82) is 0 Å². The van der Waals surface area contributed by atoms with Gasteiger partial charge < -0.3 is 11.1 Å². The van der Waals surface area contributed by atoms with Gasteiger partial charge in [0.2, 0.25) is 5.91 Å². The van der Waals surface area contributed by atoms with E-state index in [2.05, 4.69) is 34.5 Å². The summed E-state index contributed by atoms with van der Waals surface area (Å²) >= 11 is 0. The summed E-state index contributed by atoms with van der Waals surface area (Å²) in [6.45, 7) is 2.83. The Bertz CT molecular complexity index is 655. The predicted octanol–water partition coefficient (Wildman–Crippen LogP) is 2.79. The van der Waals surface area contributed by atoms with Gasteiger partial charge in [0.1, 0.15) is 0 Å². The van der Waals surface area contributed by atoms with E-state index in [-0.39, 0.29) is 36.8 Å². The van der Waals surface area contributed by atoms with Crippen LogP contribution in [0.5, 0.6) is 0 Å². The lowest BCUT2D eigenvalue weighted by atomic mass is 10.1. The van der Waals surface area contributed by atoms with Crippen molar-refractivity contribution in [1.82, 2.24) is 10.2 Å². The lowest BCUT2D eigenvalue weighted by Gasteiger charge is -2.18. The van der Waals surface area contributed by atoms with E-state index in [1.807, 2.05) is 36.4 Å². The molecule has 1 fully saturated rings. The number of nitrogens with two attached hydrogens (primary N) is 1. The van der Waals surface area contributed by atoms with E-state index in [1.54, 1.807) is 0 Å². The second-order valence-corrected chi connectivity index (χ2v) is 6.51. The highest BCUT2D eigenvalue weighted by Crippen LogP contribution is 2.13. The second-order valence-electron chi connectivity index (χ2n) is 6.51. The minimum absolute atomic E-state index is 0. The number of hydrogen-bond acceptors (Lipinski definition) is 3. The Kier molecular flexibility index (Phi) is 9.66. The first-order chi connectivity index (χ1) is 11.7. The lowest BCUT2D eigenvalue weighted by molar-refractivity contribution is -0.123. The Morgan fingerprint density at radius 3 is 2.23 bits per heavy atom. The van der Waals surface area contributed by atoms with E-state index < -0.39 is 6.04 Å². The predicted molar refractivity (Wildman–Crippen MR) is 111 cm³/mol. The molecule has 3 rings (SSSR count). The van der Waals surface area contributed by atoms with Crippen LogP contribution in [0.1, 0.15) is 17.5 Å². The van der Waals surface area contributed by atoms with Crippen LogP contribution in [0, 0.1) is 0 Å². The van der Waals surface area contributed by atoms with E-state index in [9.17, 15) is 4.79 Å². The quantitative estimate of drug-likeness (QED) is 0.790. The maximum Gasteiger partial charge on any atom is 0.237 e. The lowest BCUT2D eigenvalue weighted by Crippen LogP contribution is -2.47. The van der Waals surface area contributed by atoms with Crippen LogP contribution >= 0.6 is 24.8 Å². The molecule has 0 spiro atoms. The summed E-state index contributed by atoms with van der Waals surface area (Å²) < 4.78 is 0. The molecular formula is C20H27Cl2N3O. The summed E-state index contributed by atoms with van der Waals surface area (Å²) in [5.74, 6) is -0.0505. The van der Waals surface area contributed by atoms with Crippen molar-refractivity contribution in [3.63, 3.8) is 0 Å². The molecule has 1 aliphatic heterocycles. The van der Waals surface area contributed by atoms with Crippen LogP contribution in [-0.4, -0.2) is 36.0 Å². The molecule has 142 valence electrons. The van der Waals surface area contributed by atoms with Gasteiger partial charge >= 0.3 is 0 Å². The molecule has 2 atom stereocenters. The third-order valence-corrected chi connectivity index (χ3v) is 4.50. The normalized spacial score (nSPS) is 17.7. The van der Waals surface area contributed by atoms with Gasteiger partial charge in [-0.25, -0.2) is 0 Å². The number of rotatable bonds is 6. The zero-order valence-electron chi connectivity index (χ0n) is 14.7. The molecule has 0 aliphatic carbocycles. The standard InChI is InChI=1S/C20H25N3O.2ClH/c21-19(13-16-7-3-1-4-8-16)20(24)22-18-11-12-23(15-18)14-17-9-5-2-6-10-17;;/h1-10,18-19H,11-15,21H2,(H,22,24);2*1H/t18?,19-;;/m0../s1. The topological polar surface area (TPSA) is 58.4 Å². The average molecular weight is 396 g/mol. The number of hydrogen-bond donors (Lipinski definition) is 2. The number of carbonyl (C=O) groups is 1. The minimum atomic E-state index is -0.490. The minimum Gasteiger partial charge on any atom is -0.351 e. The van der Waals surface area contributed by atoms with Crippen LogP contribution in [0.25, 0.3) is 0 Å². The molecule has 1 saturated heterocycles. The third kappa shape index (κ3) is 6.61. The molecule has 2 aromatic rings. The van der Waals surface area contributed by atoms with E-state index in [0.717, 1.165) is 31.6 Å². The van der Waals surface area contributed by atoms with Crippen molar-refractivity contribution in [2.45, 2.75) is 31.5 Å². The Morgan fingerprint density at radius 2 is 1.62 bits per heavy atom. The first-order valence-corrected chi connectivity index (χ1v) is 8.57.